The van der Waals surface area contributed by atoms with E-state index in [0.29, 0.717) is 16.2 Å². The van der Waals surface area contributed by atoms with Gasteiger partial charge in [0.25, 0.3) is 0 Å². The molecule has 0 bridgehead atoms. The molecule has 0 aliphatic carbocycles. The number of benzene rings is 2. The molecule has 7 unspecified atom stereocenters. The Morgan fingerprint density at radius 1 is 1.06 bits per heavy atom. The largest absolute Gasteiger partial charge is 0.508 e. The summed E-state index contributed by atoms with van der Waals surface area (Å²) in [5.41, 5.74) is 2.49. The van der Waals surface area contributed by atoms with Crippen LogP contribution in [-0.2, 0) is 23.9 Å². The van der Waals surface area contributed by atoms with Crippen molar-refractivity contribution in [3.8, 4) is 22.6 Å². The van der Waals surface area contributed by atoms with Gasteiger partial charge in [0.1, 0.15) is 66.6 Å². The fourth-order valence-electron chi connectivity index (χ4n) is 6.08. The van der Waals surface area contributed by atoms with Crippen LogP contribution in [0, 0.1) is 0 Å². The molecule has 258 valence electrons. The number of hydroxylamine groups is 2. The Hall–Kier alpha value is -4.86. The van der Waals surface area contributed by atoms with Crippen molar-refractivity contribution in [3.63, 3.8) is 0 Å². The lowest BCUT2D eigenvalue weighted by Gasteiger charge is -2.41. The van der Waals surface area contributed by atoms with E-state index in [1.807, 2.05) is 12.3 Å². The number of hydrogen-bond acceptors (Lipinski definition) is 12. The van der Waals surface area contributed by atoms with E-state index < -0.39 is 55.7 Å². The summed E-state index contributed by atoms with van der Waals surface area (Å²) >= 11 is 0. The number of hydrogen-bond donors (Lipinski definition) is 5. The number of nitrogens with one attached hydrogen (secondary N) is 1. The summed E-state index contributed by atoms with van der Waals surface area (Å²) in [7, 11) is 0. The Balaban J connectivity index is 1.27. The highest BCUT2D eigenvalue weighted by atomic mass is 16.8. The maximum atomic E-state index is 13.3. The minimum Gasteiger partial charge on any atom is -0.508 e. The molecule has 0 amide bonds. The summed E-state index contributed by atoms with van der Waals surface area (Å²) in [6.07, 6.45) is 2.41. The molecular formula is C35H37N2O12+. The van der Waals surface area contributed by atoms with Crippen LogP contribution < -0.4 is 15.2 Å². The zero-order valence-corrected chi connectivity index (χ0v) is 26.6. The minimum absolute atomic E-state index is 0.0599. The second kappa shape index (κ2) is 14.7. The number of phenols is 1. The molecule has 4 heterocycles. The van der Waals surface area contributed by atoms with Crippen LogP contribution in [0.1, 0.15) is 39.0 Å². The van der Waals surface area contributed by atoms with Crippen molar-refractivity contribution in [2.45, 2.75) is 75.8 Å². The molecule has 5 N–H and O–H groups in total. The maximum Gasteiger partial charge on any atom is 0.317 e. The number of carboxylic acids is 1. The van der Waals surface area contributed by atoms with Gasteiger partial charge in [-0.15, -0.1) is 0 Å². The number of carbonyl (C=O) groups is 2. The van der Waals surface area contributed by atoms with Gasteiger partial charge in [-0.05, 0) is 42.3 Å². The van der Waals surface area contributed by atoms with Gasteiger partial charge >= 0.3 is 11.9 Å². The Morgan fingerprint density at radius 3 is 2.61 bits per heavy atom. The molecule has 0 saturated carbocycles. The number of aromatic hydroxyl groups is 1. The van der Waals surface area contributed by atoms with E-state index in [1.54, 1.807) is 18.3 Å². The number of carboxylic acid groups (broad SMARTS) is 1. The summed E-state index contributed by atoms with van der Waals surface area (Å²) in [5, 5.41) is 41.7. The number of ether oxygens (including phenoxy) is 3. The minimum atomic E-state index is -1.60. The Kier molecular flexibility index (Phi) is 10.2. The Labute approximate surface area is 280 Å². The number of aliphatic hydroxyl groups excluding tert-OH is 2. The topological polar surface area (TPSA) is 199 Å². The van der Waals surface area contributed by atoms with Crippen molar-refractivity contribution in [1.82, 2.24) is 0 Å². The van der Waals surface area contributed by atoms with E-state index in [4.69, 9.17) is 28.6 Å². The number of carbonyl (C=O) groups excluding carboxylic acids is 1. The molecule has 0 radical (unpaired) electrons. The van der Waals surface area contributed by atoms with Crippen LogP contribution in [0.15, 0.2) is 87.0 Å². The number of fused-ring (bicyclic) bond motifs is 2. The number of aliphatic hydroxyl groups is 2. The average Bonchev–Trinajstić information content (AvgIpc) is 3.66. The van der Waals surface area contributed by atoms with Crippen LogP contribution in [-0.4, -0.2) is 81.4 Å². The van der Waals surface area contributed by atoms with E-state index in [9.17, 15) is 29.7 Å². The molecule has 3 aliphatic rings. The van der Waals surface area contributed by atoms with Gasteiger partial charge in [0.05, 0.1) is 16.5 Å². The molecule has 14 nitrogen and oxygen atoms in total. The van der Waals surface area contributed by atoms with Gasteiger partial charge in [0, 0.05) is 18.7 Å². The third kappa shape index (κ3) is 7.43. The van der Waals surface area contributed by atoms with Crippen molar-refractivity contribution in [3.05, 3.63) is 83.0 Å². The zero-order chi connectivity index (χ0) is 34.7. The first-order valence-electron chi connectivity index (χ1n) is 16.0. The number of aliphatic imine (C=N–C) groups is 1. The van der Waals surface area contributed by atoms with Gasteiger partial charge in [-0.3, -0.25) is 19.4 Å². The molecule has 1 saturated heterocycles. The Morgan fingerprint density at radius 2 is 1.86 bits per heavy atom. The summed E-state index contributed by atoms with van der Waals surface area (Å²) in [4.78, 5) is 47.1. The molecule has 0 spiro atoms. The van der Waals surface area contributed by atoms with Crippen molar-refractivity contribution in [2.24, 2.45) is 4.99 Å². The maximum absolute atomic E-state index is 13.3. The number of rotatable bonds is 13. The normalized spacial score (nSPS) is 25.9. The molecule has 1 fully saturated rings. The summed E-state index contributed by atoms with van der Waals surface area (Å²) in [5.74, 6) is -2.20. The van der Waals surface area contributed by atoms with E-state index >= 15 is 0 Å². The number of esters is 1. The number of phenolic OH excluding ortho intramolecular Hbond substituents is 1. The smallest absolute Gasteiger partial charge is 0.317 e. The van der Waals surface area contributed by atoms with E-state index in [2.05, 4.69) is 11.9 Å². The highest BCUT2D eigenvalue weighted by Gasteiger charge is 2.51. The van der Waals surface area contributed by atoms with Crippen LogP contribution in [0.25, 0.3) is 22.1 Å². The van der Waals surface area contributed by atoms with Crippen LogP contribution in [0.4, 0.5) is 0 Å². The van der Waals surface area contributed by atoms with E-state index in [1.165, 1.54) is 36.6 Å². The third-order valence-corrected chi connectivity index (χ3v) is 8.63. The standard InChI is InChI=1S/C35H36N2O12/c1-2-3-4-5-25-30-20(12-13-36-30)16-37(25)49-34-33(44)32(43)27(18-46-29(41)15-28(39)40)48-35(34)47-22-10-11-23-26(14-22)45-17-24(31(23)42)19-6-8-21(38)9-7-19/h6-14,16-17,25,27,32-35,38,43-44H,2-5,15,18H2,1H3,(H,39,40)/p+1. The van der Waals surface area contributed by atoms with Crippen molar-refractivity contribution >= 4 is 28.6 Å². The number of aliphatic carboxylic acids is 1. The summed E-state index contributed by atoms with van der Waals surface area (Å²) < 4.78 is 23.0. The first-order chi connectivity index (χ1) is 23.6. The second-order valence-corrected chi connectivity index (χ2v) is 12.0. The average molecular weight is 678 g/mol. The third-order valence-electron chi connectivity index (χ3n) is 8.63. The first-order valence-corrected chi connectivity index (χ1v) is 16.0. The molecule has 49 heavy (non-hydrogen) atoms. The summed E-state index contributed by atoms with van der Waals surface area (Å²) in [6, 6.07) is 10.5. The van der Waals surface area contributed by atoms with Crippen LogP contribution in [0.2, 0.25) is 0 Å². The highest BCUT2D eigenvalue weighted by Crippen LogP contribution is 2.30. The molecule has 3 aromatic rings. The molecule has 2 aromatic carbocycles. The van der Waals surface area contributed by atoms with Gasteiger partial charge in [-0.25, -0.2) is 0 Å². The second-order valence-electron chi connectivity index (χ2n) is 12.0. The zero-order valence-electron chi connectivity index (χ0n) is 26.6. The fraction of sp³-hybridized carbons (Fsp3) is 0.371. The van der Waals surface area contributed by atoms with Crippen LogP contribution >= 0.6 is 0 Å². The Bertz CT molecular complexity index is 1850. The number of nitrogens with zero attached hydrogens (tertiary/aromatic N) is 1. The lowest BCUT2D eigenvalue weighted by molar-refractivity contribution is -1.07. The van der Waals surface area contributed by atoms with Gasteiger partial charge in [-0.1, -0.05) is 31.9 Å². The molecule has 14 heteroatoms. The number of allylic oxidation sites excluding steroid dienone is 1. The van der Waals surface area contributed by atoms with Gasteiger partial charge in [-0.2, -0.15) is 9.90 Å². The molecule has 6 rings (SSSR count). The van der Waals surface area contributed by atoms with Crippen molar-refractivity contribution < 1.29 is 58.5 Å². The van der Waals surface area contributed by atoms with Crippen molar-refractivity contribution in [2.75, 3.05) is 6.61 Å². The predicted octanol–water partition coefficient (Wildman–Crippen LogP) is 2.01. The molecule has 3 aliphatic heterocycles. The lowest BCUT2D eigenvalue weighted by atomic mass is 9.99. The quantitative estimate of drug-likeness (QED) is 0.100. The predicted molar refractivity (Wildman–Crippen MR) is 173 cm³/mol. The van der Waals surface area contributed by atoms with Crippen LogP contribution in [0.3, 0.4) is 0 Å². The monoisotopic (exact) mass is 677 g/mol. The van der Waals surface area contributed by atoms with Crippen LogP contribution in [0.5, 0.6) is 11.5 Å². The van der Waals surface area contributed by atoms with Gasteiger partial charge in [0.2, 0.25) is 12.4 Å². The molecule has 7 atom stereocenters. The lowest BCUT2D eigenvalue weighted by Crippen LogP contribution is -3.11. The van der Waals surface area contributed by atoms with Gasteiger partial charge in [0.15, 0.2) is 11.5 Å². The SMILES string of the molecule is CCCCCC1C2=NC=CC2=C[NH+]1OC1C(Oc2ccc3c(=O)c(-c4ccc(O)cc4)coc3c2)OC(COC(=O)CC(=O)O)C(O)C1O. The summed E-state index contributed by atoms with van der Waals surface area (Å²) in [6.45, 7) is 1.54. The van der Waals surface area contributed by atoms with Crippen molar-refractivity contribution in [1.29, 1.82) is 0 Å². The van der Waals surface area contributed by atoms with E-state index in [0.717, 1.165) is 37.0 Å². The number of unbranched alkanes of at least 4 members (excludes halogenated alkanes) is 2. The fourth-order valence-corrected chi connectivity index (χ4v) is 6.08. The first kappa shape index (κ1) is 34.0. The highest BCUT2D eigenvalue weighted by molar-refractivity contribution is 6.08. The molecule has 1 aromatic heterocycles. The van der Waals surface area contributed by atoms with Gasteiger partial charge < -0.3 is 39.1 Å². The molecular weight excluding hydrogens is 640 g/mol. The number of quaternary nitrogens is 1. The van der Waals surface area contributed by atoms with E-state index in [-0.39, 0.29) is 33.9 Å².